The minimum Gasteiger partial charge on any atom is -0.329 e. The fourth-order valence-electron chi connectivity index (χ4n) is 3.41. The summed E-state index contributed by atoms with van der Waals surface area (Å²) >= 11 is 0. The van der Waals surface area contributed by atoms with Gasteiger partial charge in [-0.05, 0) is 29.5 Å². The molecular formula is C16H19F3N2O. The Labute approximate surface area is 127 Å². The molecule has 0 unspecified atom stereocenters. The summed E-state index contributed by atoms with van der Waals surface area (Å²) in [7, 11) is 0. The summed E-state index contributed by atoms with van der Waals surface area (Å²) in [5.74, 6) is -0.221. The lowest BCUT2D eigenvalue weighted by atomic mass is 9.92. The average Bonchev–Trinajstić information content (AvgIpc) is 2.71. The Hall–Kier alpha value is -1.56. The van der Waals surface area contributed by atoms with Crippen molar-refractivity contribution in [1.82, 2.24) is 10.2 Å². The van der Waals surface area contributed by atoms with Gasteiger partial charge in [0, 0.05) is 19.6 Å². The summed E-state index contributed by atoms with van der Waals surface area (Å²) in [4.78, 5) is 14.0. The first-order valence-corrected chi connectivity index (χ1v) is 7.54. The Balaban J connectivity index is 2.16. The Kier molecular flexibility index (Phi) is 3.67. The molecule has 1 aromatic rings. The van der Waals surface area contributed by atoms with Gasteiger partial charge in [-0.15, -0.1) is 0 Å². The lowest BCUT2D eigenvalue weighted by Gasteiger charge is -2.30. The van der Waals surface area contributed by atoms with Crippen LogP contribution in [-0.2, 0) is 12.6 Å². The van der Waals surface area contributed by atoms with Crippen molar-refractivity contribution in [2.45, 2.75) is 32.5 Å². The maximum atomic E-state index is 13.4. The number of amides is 1. The van der Waals surface area contributed by atoms with Gasteiger partial charge in [-0.2, -0.15) is 13.2 Å². The molecule has 6 heteroatoms. The molecule has 0 radical (unpaired) electrons. The number of carbonyl (C=O) groups excluding carboxylic acids is 1. The van der Waals surface area contributed by atoms with Crippen LogP contribution in [0.4, 0.5) is 13.2 Å². The summed E-state index contributed by atoms with van der Waals surface area (Å²) in [5, 5.41) is 3.16. The van der Waals surface area contributed by atoms with Crippen molar-refractivity contribution in [1.29, 1.82) is 0 Å². The number of halogens is 3. The molecule has 0 aliphatic carbocycles. The van der Waals surface area contributed by atoms with Crippen molar-refractivity contribution < 1.29 is 18.0 Å². The van der Waals surface area contributed by atoms with Gasteiger partial charge in [-0.3, -0.25) is 4.79 Å². The summed E-state index contributed by atoms with van der Waals surface area (Å²) in [5.41, 5.74) is 0.262. The van der Waals surface area contributed by atoms with Crippen LogP contribution in [-0.4, -0.2) is 30.4 Å². The first-order chi connectivity index (χ1) is 10.3. The Morgan fingerprint density at radius 2 is 2.09 bits per heavy atom. The Morgan fingerprint density at radius 1 is 1.36 bits per heavy atom. The number of nitrogens with zero attached hydrogens (tertiary/aromatic N) is 1. The van der Waals surface area contributed by atoms with E-state index in [1.54, 1.807) is 11.0 Å². The van der Waals surface area contributed by atoms with E-state index >= 15 is 0 Å². The van der Waals surface area contributed by atoms with Gasteiger partial charge in [0.25, 0.3) is 5.91 Å². The molecule has 2 aliphatic heterocycles. The first kappa shape index (κ1) is 15.3. The van der Waals surface area contributed by atoms with Crippen LogP contribution in [0, 0.1) is 5.92 Å². The standard InChI is InChI=1S/C16H19F3N2O/c1-9(2)5-10-6-11-13-8-20-3-4-21(13)15(22)14(11)12(7-10)16(17,18)19/h6-7,9,13,20H,3-5,8H2,1-2H3/t13-/m0/s1. The number of benzene rings is 1. The van der Waals surface area contributed by atoms with E-state index in [9.17, 15) is 18.0 Å². The molecule has 1 saturated heterocycles. The van der Waals surface area contributed by atoms with Gasteiger partial charge < -0.3 is 10.2 Å². The van der Waals surface area contributed by atoms with Crippen LogP contribution in [0.2, 0.25) is 0 Å². The third kappa shape index (κ3) is 2.49. The van der Waals surface area contributed by atoms with Gasteiger partial charge in [0.15, 0.2) is 0 Å². The average molecular weight is 312 g/mol. The third-order valence-electron chi connectivity index (χ3n) is 4.26. The topological polar surface area (TPSA) is 32.3 Å². The molecule has 0 bridgehead atoms. The lowest BCUT2D eigenvalue weighted by molar-refractivity contribution is -0.138. The molecule has 3 rings (SSSR count). The van der Waals surface area contributed by atoms with Gasteiger partial charge in [0.05, 0.1) is 17.2 Å². The predicted octanol–water partition coefficient (Wildman–Crippen LogP) is 3.00. The lowest BCUT2D eigenvalue weighted by Crippen LogP contribution is -2.44. The fraction of sp³-hybridized carbons (Fsp3) is 0.562. The van der Waals surface area contributed by atoms with Crippen LogP contribution in [0.25, 0.3) is 0 Å². The zero-order chi connectivity index (χ0) is 16.1. The third-order valence-corrected chi connectivity index (χ3v) is 4.26. The number of rotatable bonds is 2. The molecule has 1 atom stereocenters. The molecule has 120 valence electrons. The summed E-state index contributed by atoms with van der Waals surface area (Å²) in [6.45, 7) is 5.53. The highest BCUT2D eigenvalue weighted by Gasteiger charge is 2.45. The zero-order valence-electron chi connectivity index (χ0n) is 12.6. The van der Waals surface area contributed by atoms with Crippen molar-refractivity contribution >= 4 is 5.91 Å². The maximum absolute atomic E-state index is 13.4. The normalized spacial score (nSPS) is 21.3. The number of carbonyl (C=O) groups is 1. The number of fused-ring (bicyclic) bond motifs is 3. The van der Waals surface area contributed by atoms with E-state index in [2.05, 4.69) is 5.32 Å². The van der Waals surface area contributed by atoms with Crippen molar-refractivity contribution in [3.8, 4) is 0 Å². The second kappa shape index (κ2) is 5.26. The highest BCUT2D eigenvalue weighted by atomic mass is 19.4. The van der Waals surface area contributed by atoms with Crippen molar-refractivity contribution in [3.63, 3.8) is 0 Å². The van der Waals surface area contributed by atoms with Crippen LogP contribution in [0.1, 0.15) is 46.9 Å². The molecule has 1 aromatic carbocycles. The van der Waals surface area contributed by atoms with Crippen LogP contribution < -0.4 is 5.32 Å². The van der Waals surface area contributed by atoms with E-state index < -0.39 is 17.6 Å². The predicted molar refractivity (Wildman–Crippen MR) is 76.6 cm³/mol. The number of hydrogen-bond acceptors (Lipinski definition) is 2. The van der Waals surface area contributed by atoms with E-state index in [1.807, 2.05) is 13.8 Å². The summed E-state index contributed by atoms with van der Waals surface area (Å²) in [6, 6.07) is 2.67. The van der Waals surface area contributed by atoms with E-state index in [0.29, 0.717) is 37.2 Å². The minimum absolute atomic E-state index is 0.145. The van der Waals surface area contributed by atoms with Crippen molar-refractivity contribution in [2.24, 2.45) is 5.92 Å². The zero-order valence-corrected chi connectivity index (χ0v) is 12.6. The molecule has 2 heterocycles. The Bertz CT molecular complexity index is 610. The second-order valence-corrected chi connectivity index (χ2v) is 6.42. The van der Waals surface area contributed by atoms with E-state index in [-0.39, 0.29) is 17.5 Å². The minimum atomic E-state index is -4.51. The number of hydrogen-bond donors (Lipinski definition) is 1. The van der Waals surface area contributed by atoms with Gasteiger partial charge in [-0.25, -0.2) is 0 Å². The van der Waals surface area contributed by atoms with Crippen LogP contribution in [0.15, 0.2) is 12.1 Å². The largest absolute Gasteiger partial charge is 0.417 e. The monoisotopic (exact) mass is 312 g/mol. The van der Waals surface area contributed by atoms with Gasteiger partial charge in [0.2, 0.25) is 0 Å². The van der Waals surface area contributed by atoms with E-state index in [4.69, 9.17) is 0 Å². The number of nitrogens with one attached hydrogen (secondary N) is 1. The molecular weight excluding hydrogens is 293 g/mol. The highest BCUT2D eigenvalue weighted by Crippen LogP contribution is 2.43. The highest BCUT2D eigenvalue weighted by molar-refractivity contribution is 6.01. The van der Waals surface area contributed by atoms with Gasteiger partial charge in [0.1, 0.15) is 0 Å². The SMILES string of the molecule is CC(C)Cc1cc2c(c(C(F)(F)F)c1)C(=O)N1CCNC[C@@H]21. The molecule has 1 amide bonds. The molecule has 22 heavy (non-hydrogen) atoms. The van der Waals surface area contributed by atoms with Crippen LogP contribution in [0.5, 0.6) is 0 Å². The molecule has 0 aromatic heterocycles. The molecule has 1 N–H and O–H groups in total. The van der Waals surface area contributed by atoms with Crippen molar-refractivity contribution in [2.75, 3.05) is 19.6 Å². The summed E-state index contributed by atoms with van der Waals surface area (Å²) in [6.07, 6.45) is -3.93. The van der Waals surface area contributed by atoms with Crippen molar-refractivity contribution in [3.05, 3.63) is 34.4 Å². The molecule has 0 saturated carbocycles. The molecule has 2 aliphatic rings. The van der Waals surface area contributed by atoms with E-state index in [0.717, 1.165) is 6.07 Å². The van der Waals surface area contributed by atoms with Crippen LogP contribution in [0.3, 0.4) is 0 Å². The smallest absolute Gasteiger partial charge is 0.329 e. The summed E-state index contributed by atoms with van der Waals surface area (Å²) < 4.78 is 40.3. The Morgan fingerprint density at radius 3 is 2.73 bits per heavy atom. The quantitative estimate of drug-likeness (QED) is 0.910. The number of alkyl halides is 3. The molecule has 0 spiro atoms. The van der Waals surface area contributed by atoms with E-state index in [1.165, 1.54) is 0 Å². The maximum Gasteiger partial charge on any atom is 0.417 e. The second-order valence-electron chi connectivity index (χ2n) is 6.42. The van der Waals surface area contributed by atoms with Gasteiger partial charge >= 0.3 is 6.18 Å². The van der Waals surface area contributed by atoms with Crippen LogP contribution >= 0.6 is 0 Å². The molecule has 1 fully saturated rings. The fourth-order valence-corrected chi connectivity index (χ4v) is 3.41. The molecule has 3 nitrogen and oxygen atoms in total. The number of piperazine rings is 1. The first-order valence-electron chi connectivity index (χ1n) is 7.54. The van der Waals surface area contributed by atoms with Gasteiger partial charge in [-0.1, -0.05) is 19.9 Å².